The van der Waals surface area contributed by atoms with Crippen molar-refractivity contribution in [3.05, 3.63) is 71.5 Å². The smallest absolute Gasteiger partial charge is 0.163 e. The number of halogens is 1. The molecular weight excluding hydrogens is 334 g/mol. The zero-order valence-corrected chi connectivity index (χ0v) is 14.7. The predicted octanol–water partition coefficient (Wildman–Crippen LogP) is 5.06. The van der Waals surface area contributed by atoms with E-state index in [4.69, 9.17) is 21.4 Å². The molecule has 4 rings (SSSR count). The van der Waals surface area contributed by atoms with Gasteiger partial charge in [-0.1, -0.05) is 23.7 Å². The zero-order valence-electron chi connectivity index (χ0n) is 13.9. The fourth-order valence-corrected chi connectivity index (χ4v) is 3.11. The van der Waals surface area contributed by atoms with Gasteiger partial charge in [-0.2, -0.15) is 5.10 Å². The highest BCUT2D eigenvalue weighted by Gasteiger charge is 2.15. The molecule has 2 aromatic heterocycles. The molecule has 2 aromatic carbocycles. The third-order valence-corrected chi connectivity index (χ3v) is 4.47. The van der Waals surface area contributed by atoms with Gasteiger partial charge < -0.3 is 4.74 Å². The summed E-state index contributed by atoms with van der Waals surface area (Å²) in [7, 11) is 1.67. The van der Waals surface area contributed by atoms with Crippen LogP contribution >= 0.6 is 11.6 Å². The van der Waals surface area contributed by atoms with E-state index in [9.17, 15) is 0 Å². The van der Waals surface area contributed by atoms with E-state index in [1.54, 1.807) is 7.11 Å². The molecule has 4 aromatic rings. The number of hydrogen-bond donors (Lipinski definition) is 0. The number of methoxy groups -OCH3 is 1. The Bertz CT molecular complexity index is 1040. The van der Waals surface area contributed by atoms with Crippen LogP contribution in [0.15, 0.2) is 60.8 Å². The van der Waals surface area contributed by atoms with E-state index in [1.807, 2.05) is 72.4 Å². The number of benzene rings is 2. The molecule has 124 valence electrons. The van der Waals surface area contributed by atoms with Crippen LogP contribution < -0.4 is 4.74 Å². The summed E-state index contributed by atoms with van der Waals surface area (Å²) in [6.45, 7) is 2.00. The van der Waals surface area contributed by atoms with Gasteiger partial charge in [0.2, 0.25) is 0 Å². The van der Waals surface area contributed by atoms with E-state index in [0.717, 1.165) is 39.3 Å². The second kappa shape index (κ2) is 6.22. The molecule has 0 N–H and O–H groups in total. The number of aryl methyl sites for hydroxylation is 1. The molecule has 0 spiro atoms. The maximum Gasteiger partial charge on any atom is 0.163 e. The van der Waals surface area contributed by atoms with Gasteiger partial charge >= 0.3 is 0 Å². The summed E-state index contributed by atoms with van der Waals surface area (Å²) >= 11 is 6.00. The molecule has 0 unspecified atom stereocenters. The van der Waals surface area contributed by atoms with Crippen LogP contribution in [0.1, 0.15) is 5.69 Å². The first-order chi connectivity index (χ1) is 12.2. The van der Waals surface area contributed by atoms with Crippen LogP contribution in [-0.4, -0.2) is 21.9 Å². The molecule has 0 fully saturated rings. The van der Waals surface area contributed by atoms with E-state index in [2.05, 4.69) is 4.98 Å². The average molecular weight is 350 g/mol. The van der Waals surface area contributed by atoms with Crippen LogP contribution in [0.5, 0.6) is 5.75 Å². The lowest BCUT2D eigenvalue weighted by Gasteiger charge is -2.06. The Hall–Kier alpha value is -2.85. The SMILES string of the molecule is COc1ccc(-c2ccnc3c2c(C)nn3-c2ccc(Cl)cc2)cc1. The Labute approximate surface area is 150 Å². The first-order valence-electron chi connectivity index (χ1n) is 7.92. The monoisotopic (exact) mass is 349 g/mol. The van der Waals surface area contributed by atoms with Gasteiger partial charge in [0.1, 0.15) is 5.75 Å². The Morgan fingerprint density at radius 1 is 0.960 bits per heavy atom. The van der Waals surface area contributed by atoms with Gasteiger partial charge in [-0.3, -0.25) is 0 Å². The quantitative estimate of drug-likeness (QED) is 0.519. The highest BCUT2D eigenvalue weighted by atomic mass is 35.5. The lowest BCUT2D eigenvalue weighted by atomic mass is 10.0. The Morgan fingerprint density at radius 3 is 2.36 bits per heavy atom. The van der Waals surface area contributed by atoms with Crippen LogP contribution in [0.3, 0.4) is 0 Å². The summed E-state index contributed by atoms with van der Waals surface area (Å²) in [5, 5.41) is 6.44. The van der Waals surface area contributed by atoms with Crippen molar-refractivity contribution in [3.63, 3.8) is 0 Å². The van der Waals surface area contributed by atoms with Crippen LogP contribution in [0.4, 0.5) is 0 Å². The summed E-state index contributed by atoms with van der Waals surface area (Å²) in [5.41, 5.74) is 4.90. The van der Waals surface area contributed by atoms with E-state index in [1.165, 1.54) is 0 Å². The van der Waals surface area contributed by atoms with Gasteiger partial charge in [-0.05, 0) is 60.5 Å². The second-order valence-corrected chi connectivity index (χ2v) is 6.20. The molecule has 0 saturated carbocycles. The highest BCUT2D eigenvalue weighted by molar-refractivity contribution is 6.30. The molecule has 0 radical (unpaired) electrons. The number of ether oxygens (including phenoxy) is 1. The van der Waals surface area contributed by atoms with E-state index < -0.39 is 0 Å². The van der Waals surface area contributed by atoms with E-state index >= 15 is 0 Å². The Balaban J connectivity index is 1.91. The third-order valence-electron chi connectivity index (χ3n) is 4.22. The standard InChI is InChI=1S/C20H16ClN3O/c1-13-19-18(14-3-9-17(25-2)10-4-14)11-12-22-20(19)24(23-13)16-7-5-15(21)6-8-16/h3-12H,1-2H3. The van der Waals surface area contributed by atoms with Gasteiger partial charge in [0.05, 0.1) is 23.9 Å². The number of fused-ring (bicyclic) bond motifs is 1. The summed E-state index contributed by atoms with van der Waals surface area (Å²) in [4.78, 5) is 4.56. The van der Waals surface area contributed by atoms with Gasteiger partial charge in [-0.15, -0.1) is 0 Å². The van der Waals surface area contributed by atoms with E-state index in [-0.39, 0.29) is 0 Å². The maximum absolute atomic E-state index is 6.00. The largest absolute Gasteiger partial charge is 0.497 e. The Kier molecular flexibility index (Phi) is 3.90. The van der Waals surface area contributed by atoms with Crippen molar-refractivity contribution in [3.8, 4) is 22.6 Å². The molecule has 0 amide bonds. The fourth-order valence-electron chi connectivity index (χ4n) is 2.99. The molecule has 0 saturated heterocycles. The normalized spacial score (nSPS) is 11.0. The van der Waals surface area contributed by atoms with Crippen LogP contribution in [0.25, 0.3) is 27.8 Å². The van der Waals surface area contributed by atoms with E-state index in [0.29, 0.717) is 5.02 Å². The van der Waals surface area contributed by atoms with Crippen molar-refractivity contribution in [2.45, 2.75) is 6.92 Å². The lowest BCUT2D eigenvalue weighted by Crippen LogP contribution is -1.97. The topological polar surface area (TPSA) is 39.9 Å². The molecule has 0 aliphatic heterocycles. The lowest BCUT2D eigenvalue weighted by molar-refractivity contribution is 0.415. The summed E-state index contributed by atoms with van der Waals surface area (Å²) < 4.78 is 7.10. The first-order valence-corrected chi connectivity index (χ1v) is 8.30. The van der Waals surface area contributed by atoms with Crippen molar-refractivity contribution in [1.82, 2.24) is 14.8 Å². The number of aromatic nitrogens is 3. The molecular formula is C20H16ClN3O. The number of pyridine rings is 1. The van der Waals surface area contributed by atoms with Crippen molar-refractivity contribution < 1.29 is 4.74 Å². The summed E-state index contributed by atoms with van der Waals surface area (Å²) in [6, 6.07) is 17.6. The summed E-state index contributed by atoms with van der Waals surface area (Å²) in [5.74, 6) is 0.836. The molecule has 0 atom stereocenters. The molecule has 2 heterocycles. The predicted molar refractivity (Wildman–Crippen MR) is 101 cm³/mol. The maximum atomic E-state index is 6.00. The van der Waals surface area contributed by atoms with Crippen LogP contribution in [-0.2, 0) is 0 Å². The Morgan fingerprint density at radius 2 is 1.68 bits per heavy atom. The zero-order chi connectivity index (χ0) is 17.4. The van der Waals surface area contributed by atoms with Crippen molar-refractivity contribution in [2.75, 3.05) is 7.11 Å². The highest BCUT2D eigenvalue weighted by Crippen LogP contribution is 2.32. The molecule has 4 nitrogen and oxygen atoms in total. The fraction of sp³-hybridized carbons (Fsp3) is 0.100. The van der Waals surface area contributed by atoms with Crippen LogP contribution in [0, 0.1) is 6.92 Å². The van der Waals surface area contributed by atoms with Gasteiger partial charge in [0, 0.05) is 11.2 Å². The molecule has 25 heavy (non-hydrogen) atoms. The molecule has 5 heteroatoms. The number of nitrogens with zero attached hydrogens (tertiary/aromatic N) is 3. The molecule has 0 bridgehead atoms. The third kappa shape index (κ3) is 2.75. The minimum atomic E-state index is 0.698. The van der Waals surface area contributed by atoms with Gasteiger partial charge in [0.15, 0.2) is 5.65 Å². The molecule has 0 aliphatic rings. The van der Waals surface area contributed by atoms with Crippen molar-refractivity contribution in [1.29, 1.82) is 0 Å². The van der Waals surface area contributed by atoms with Gasteiger partial charge in [0.25, 0.3) is 0 Å². The minimum absolute atomic E-state index is 0.698. The van der Waals surface area contributed by atoms with Crippen molar-refractivity contribution >= 4 is 22.6 Å². The number of hydrogen-bond acceptors (Lipinski definition) is 3. The van der Waals surface area contributed by atoms with Crippen LogP contribution in [0.2, 0.25) is 5.02 Å². The second-order valence-electron chi connectivity index (χ2n) is 5.76. The minimum Gasteiger partial charge on any atom is -0.497 e. The van der Waals surface area contributed by atoms with Crippen molar-refractivity contribution in [2.24, 2.45) is 0 Å². The first kappa shape index (κ1) is 15.7. The summed E-state index contributed by atoms with van der Waals surface area (Å²) in [6.07, 6.45) is 1.81. The van der Waals surface area contributed by atoms with Gasteiger partial charge in [-0.25, -0.2) is 9.67 Å². The molecule has 0 aliphatic carbocycles. The number of rotatable bonds is 3. The average Bonchev–Trinajstić information content (AvgIpc) is 2.99.